The molecule has 4 nitrogen and oxygen atoms in total. The summed E-state index contributed by atoms with van der Waals surface area (Å²) in [5.74, 6) is 0. The van der Waals surface area contributed by atoms with Crippen LogP contribution in [-0.4, -0.2) is 38.4 Å². The minimum atomic E-state index is -3.43. The number of hydrogen-bond acceptors (Lipinski definition) is 3. The molecule has 134 valence electrons. The highest BCUT2D eigenvalue weighted by atomic mass is 32.2. The minimum Gasteiger partial charge on any atom is -0.366 e. The van der Waals surface area contributed by atoms with Crippen LogP contribution in [0, 0.1) is 6.92 Å². The van der Waals surface area contributed by atoms with Gasteiger partial charge < -0.3 is 4.90 Å². The van der Waals surface area contributed by atoms with E-state index in [2.05, 4.69) is 49.9 Å². The lowest BCUT2D eigenvalue weighted by atomic mass is 10.1. The Labute approximate surface area is 151 Å². The zero-order chi connectivity index (χ0) is 18.0. The number of benzene rings is 2. The van der Waals surface area contributed by atoms with Crippen molar-refractivity contribution in [3.63, 3.8) is 0 Å². The number of rotatable bonds is 4. The van der Waals surface area contributed by atoms with E-state index in [1.807, 2.05) is 12.1 Å². The van der Waals surface area contributed by atoms with Crippen molar-refractivity contribution in [3.8, 4) is 0 Å². The first-order chi connectivity index (χ1) is 11.9. The van der Waals surface area contributed by atoms with Crippen LogP contribution >= 0.6 is 0 Å². The molecule has 0 spiro atoms. The van der Waals surface area contributed by atoms with Crippen molar-refractivity contribution in [1.82, 2.24) is 4.31 Å². The summed E-state index contributed by atoms with van der Waals surface area (Å²) < 4.78 is 27.5. The van der Waals surface area contributed by atoms with Gasteiger partial charge in [0.05, 0.1) is 4.90 Å². The molecule has 1 aliphatic heterocycles. The summed E-state index contributed by atoms with van der Waals surface area (Å²) in [7, 11) is -3.43. The smallest absolute Gasteiger partial charge is 0.243 e. The van der Waals surface area contributed by atoms with Crippen molar-refractivity contribution in [1.29, 1.82) is 0 Å². The Hall–Kier alpha value is -1.85. The van der Waals surface area contributed by atoms with Gasteiger partial charge in [-0.25, -0.2) is 8.42 Å². The lowest BCUT2D eigenvalue weighted by molar-refractivity contribution is 0.342. The third kappa shape index (κ3) is 3.72. The number of anilines is 1. The lowest BCUT2D eigenvalue weighted by Crippen LogP contribution is -2.53. The molecule has 2 aromatic rings. The SMILES string of the molecule is CCc1ccc(S(=O)(=O)N2CCN(c3cccc(C)c3)C(C)C2)cc1. The molecule has 0 saturated carbocycles. The molecule has 1 saturated heterocycles. The molecule has 2 aromatic carbocycles. The fourth-order valence-electron chi connectivity index (χ4n) is 3.38. The monoisotopic (exact) mass is 358 g/mol. The summed E-state index contributed by atoms with van der Waals surface area (Å²) >= 11 is 0. The van der Waals surface area contributed by atoms with Crippen LogP contribution in [0.15, 0.2) is 53.4 Å². The van der Waals surface area contributed by atoms with E-state index in [9.17, 15) is 8.42 Å². The van der Waals surface area contributed by atoms with E-state index in [-0.39, 0.29) is 6.04 Å². The Morgan fingerprint density at radius 2 is 1.80 bits per heavy atom. The van der Waals surface area contributed by atoms with Crippen LogP contribution in [0.25, 0.3) is 0 Å². The molecular formula is C20H26N2O2S. The van der Waals surface area contributed by atoms with Crippen molar-refractivity contribution in [2.24, 2.45) is 0 Å². The predicted octanol–water partition coefficient (Wildman–Crippen LogP) is 3.46. The van der Waals surface area contributed by atoms with E-state index in [0.29, 0.717) is 24.5 Å². The summed E-state index contributed by atoms with van der Waals surface area (Å²) in [4.78, 5) is 2.68. The van der Waals surface area contributed by atoms with Gasteiger partial charge >= 0.3 is 0 Å². The van der Waals surface area contributed by atoms with E-state index < -0.39 is 10.0 Å². The number of nitrogens with zero attached hydrogens (tertiary/aromatic N) is 2. The quantitative estimate of drug-likeness (QED) is 0.840. The van der Waals surface area contributed by atoms with Gasteiger partial charge in [-0.05, 0) is 55.7 Å². The number of piperazine rings is 1. The number of hydrogen-bond donors (Lipinski definition) is 0. The van der Waals surface area contributed by atoms with Crippen LogP contribution in [0.4, 0.5) is 5.69 Å². The van der Waals surface area contributed by atoms with Crippen molar-refractivity contribution >= 4 is 15.7 Å². The van der Waals surface area contributed by atoms with Crippen LogP contribution in [0.3, 0.4) is 0 Å². The Bertz CT molecular complexity index is 831. The van der Waals surface area contributed by atoms with Crippen LogP contribution in [0.2, 0.25) is 0 Å². The molecule has 0 bridgehead atoms. The Kier molecular flexibility index (Phi) is 5.16. The number of aryl methyl sites for hydroxylation is 2. The topological polar surface area (TPSA) is 40.6 Å². The molecule has 5 heteroatoms. The third-order valence-electron chi connectivity index (χ3n) is 4.89. The maximum atomic E-state index is 12.9. The van der Waals surface area contributed by atoms with Gasteiger partial charge in [-0.3, -0.25) is 0 Å². The molecular weight excluding hydrogens is 332 g/mol. The Balaban J connectivity index is 1.77. The summed E-state index contributed by atoms with van der Waals surface area (Å²) in [5.41, 5.74) is 3.53. The second kappa shape index (κ2) is 7.18. The zero-order valence-electron chi connectivity index (χ0n) is 15.1. The highest BCUT2D eigenvalue weighted by Gasteiger charge is 2.32. The minimum absolute atomic E-state index is 0.139. The molecule has 0 N–H and O–H groups in total. The Morgan fingerprint density at radius 3 is 2.40 bits per heavy atom. The highest BCUT2D eigenvalue weighted by Crippen LogP contribution is 2.25. The van der Waals surface area contributed by atoms with Gasteiger partial charge in [0, 0.05) is 31.4 Å². The molecule has 1 atom stereocenters. The van der Waals surface area contributed by atoms with Crippen LogP contribution in [-0.2, 0) is 16.4 Å². The summed E-state index contributed by atoms with van der Waals surface area (Å²) in [5, 5.41) is 0. The average molecular weight is 359 g/mol. The molecule has 0 aliphatic carbocycles. The van der Waals surface area contributed by atoms with Gasteiger partial charge in [0.25, 0.3) is 0 Å². The normalized spacial score (nSPS) is 19.2. The van der Waals surface area contributed by atoms with Gasteiger partial charge in [0.2, 0.25) is 10.0 Å². The summed E-state index contributed by atoms with van der Waals surface area (Å²) in [6.07, 6.45) is 0.909. The second-order valence-corrected chi connectivity index (χ2v) is 8.68. The van der Waals surface area contributed by atoms with Gasteiger partial charge in [0.1, 0.15) is 0 Å². The van der Waals surface area contributed by atoms with Gasteiger partial charge in [-0.2, -0.15) is 4.31 Å². The fraction of sp³-hybridized carbons (Fsp3) is 0.400. The molecule has 25 heavy (non-hydrogen) atoms. The Morgan fingerprint density at radius 1 is 1.08 bits per heavy atom. The second-order valence-electron chi connectivity index (χ2n) is 6.74. The standard InChI is InChI=1S/C20H26N2O2S/c1-4-18-8-10-20(11-9-18)25(23,24)21-12-13-22(17(3)15-21)19-7-5-6-16(2)14-19/h5-11,14,17H,4,12-13,15H2,1-3H3. The summed E-state index contributed by atoms with van der Waals surface area (Å²) in [6.45, 7) is 7.95. The third-order valence-corrected chi connectivity index (χ3v) is 6.77. The molecule has 0 amide bonds. The highest BCUT2D eigenvalue weighted by molar-refractivity contribution is 7.89. The van der Waals surface area contributed by atoms with Crippen LogP contribution in [0.1, 0.15) is 25.0 Å². The van der Waals surface area contributed by atoms with Gasteiger partial charge in [0.15, 0.2) is 0 Å². The molecule has 0 radical (unpaired) electrons. The molecule has 3 rings (SSSR count). The van der Waals surface area contributed by atoms with Crippen LogP contribution in [0.5, 0.6) is 0 Å². The van der Waals surface area contributed by atoms with E-state index in [1.165, 1.54) is 5.56 Å². The van der Waals surface area contributed by atoms with Gasteiger partial charge in [-0.15, -0.1) is 0 Å². The van der Waals surface area contributed by atoms with Gasteiger partial charge in [-0.1, -0.05) is 31.2 Å². The molecule has 1 fully saturated rings. The van der Waals surface area contributed by atoms with Crippen molar-refractivity contribution in [2.75, 3.05) is 24.5 Å². The van der Waals surface area contributed by atoms with E-state index in [0.717, 1.165) is 17.7 Å². The maximum absolute atomic E-state index is 12.9. The predicted molar refractivity (Wildman–Crippen MR) is 103 cm³/mol. The molecule has 1 unspecified atom stereocenters. The molecule has 1 aliphatic rings. The zero-order valence-corrected chi connectivity index (χ0v) is 16.0. The molecule has 0 aromatic heterocycles. The van der Waals surface area contributed by atoms with Crippen LogP contribution < -0.4 is 4.90 Å². The average Bonchev–Trinajstić information content (AvgIpc) is 2.61. The molecule has 1 heterocycles. The first-order valence-electron chi connectivity index (χ1n) is 8.84. The van der Waals surface area contributed by atoms with E-state index in [1.54, 1.807) is 16.4 Å². The first-order valence-corrected chi connectivity index (χ1v) is 10.3. The van der Waals surface area contributed by atoms with Crippen molar-refractivity contribution < 1.29 is 8.42 Å². The largest absolute Gasteiger partial charge is 0.366 e. The van der Waals surface area contributed by atoms with Crippen molar-refractivity contribution in [2.45, 2.75) is 38.1 Å². The lowest BCUT2D eigenvalue weighted by Gasteiger charge is -2.40. The maximum Gasteiger partial charge on any atom is 0.243 e. The number of sulfonamides is 1. The van der Waals surface area contributed by atoms with E-state index >= 15 is 0 Å². The van der Waals surface area contributed by atoms with E-state index in [4.69, 9.17) is 0 Å². The van der Waals surface area contributed by atoms with Crippen molar-refractivity contribution in [3.05, 3.63) is 59.7 Å². The first kappa shape index (κ1) is 18.0. The fourth-order valence-corrected chi connectivity index (χ4v) is 4.89. The summed E-state index contributed by atoms with van der Waals surface area (Å²) in [6, 6.07) is 15.8.